The fourth-order valence-electron chi connectivity index (χ4n) is 6.63. The smallest absolute Gasteiger partial charge is 0.178 e. The largest absolute Gasteiger partial charge is 0.504 e. The van der Waals surface area contributed by atoms with Gasteiger partial charge in [0.05, 0.1) is 5.41 Å². The highest BCUT2D eigenvalue weighted by Gasteiger charge is 2.71. The van der Waals surface area contributed by atoms with E-state index in [1.165, 1.54) is 30.4 Å². The van der Waals surface area contributed by atoms with Crippen LogP contribution in [0, 0.1) is 11.3 Å². The Labute approximate surface area is 129 Å². The minimum absolute atomic E-state index is 0.183. The first-order valence-electron chi connectivity index (χ1n) is 8.41. The van der Waals surface area contributed by atoms with Crippen LogP contribution in [0.3, 0.4) is 0 Å². The second-order valence-corrected chi connectivity index (χ2v) is 7.91. The lowest BCUT2D eigenvalue weighted by atomic mass is 9.61. The third kappa shape index (κ3) is 0.982. The van der Waals surface area contributed by atoms with Gasteiger partial charge in [0.1, 0.15) is 0 Å². The molecule has 2 spiro atoms. The molecule has 0 amide bonds. The van der Waals surface area contributed by atoms with Crippen LogP contribution in [0.25, 0.3) is 0 Å². The van der Waals surface area contributed by atoms with Gasteiger partial charge in [0.2, 0.25) is 0 Å². The summed E-state index contributed by atoms with van der Waals surface area (Å²) in [6.07, 6.45) is 8.29. The Morgan fingerprint density at radius 1 is 1.32 bits per heavy atom. The van der Waals surface area contributed by atoms with Crippen LogP contribution < -0.4 is 4.74 Å². The number of fused-ring (bicyclic) bond motifs is 1. The van der Waals surface area contributed by atoms with E-state index in [1.54, 1.807) is 6.07 Å². The fourth-order valence-corrected chi connectivity index (χ4v) is 6.63. The molecule has 112 valence electrons. The summed E-state index contributed by atoms with van der Waals surface area (Å²) in [6, 6.07) is 3.82. The van der Waals surface area contributed by atoms with Crippen LogP contribution in [0.4, 0.5) is 0 Å². The van der Waals surface area contributed by atoms with Gasteiger partial charge in [-0.2, -0.15) is 0 Å². The number of Topliss-reactive ketones (excluding diaryl/α,β-unsaturated/α-hetero) is 1. The second-order valence-electron chi connectivity index (χ2n) is 7.91. The monoisotopic (exact) mass is 294 g/mol. The van der Waals surface area contributed by atoms with Crippen LogP contribution in [-0.4, -0.2) is 17.0 Å². The number of ketones is 1. The minimum atomic E-state index is -0.391. The molecular weight excluding hydrogens is 276 g/mol. The molecule has 1 aromatic rings. The van der Waals surface area contributed by atoms with Crippen LogP contribution in [0.15, 0.2) is 23.8 Å². The molecule has 2 fully saturated rings. The van der Waals surface area contributed by atoms with E-state index >= 15 is 0 Å². The SMILES string of the molecule is O=C1CC=C2[C@@H]3CCCC34Cc3ccc(O)c5c3[C@@]2(C4)C1O5. The number of carbonyl (C=O) groups excluding carboxylic acids is 1. The van der Waals surface area contributed by atoms with E-state index in [2.05, 4.69) is 12.1 Å². The van der Waals surface area contributed by atoms with E-state index in [9.17, 15) is 9.90 Å². The lowest BCUT2D eigenvalue weighted by molar-refractivity contribution is -0.127. The first-order valence-corrected chi connectivity index (χ1v) is 8.41. The standard InChI is InChI=1S/C19H18O3/c20-13-5-3-10-8-18-7-1-2-11(18)12-4-6-14(21)17-19(12,9-18)15(10)16(13)22-17/h3-5,11,17,20H,1-2,6-9H2/t11-,17?,18?,19-/m0/s1. The summed E-state index contributed by atoms with van der Waals surface area (Å²) in [7, 11) is 0. The van der Waals surface area contributed by atoms with Gasteiger partial charge in [-0.3, -0.25) is 4.79 Å². The van der Waals surface area contributed by atoms with Crippen LogP contribution in [0.5, 0.6) is 11.5 Å². The Bertz CT molecular complexity index is 792. The van der Waals surface area contributed by atoms with Crippen molar-refractivity contribution in [2.45, 2.75) is 50.0 Å². The maximum absolute atomic E-state index is 12.6. The Hall–Kier alpha value is -1.77. The van der Waals surface area contributed by atoms with Crippen molar-refractivity contribution >= 4 is 5.78 Å². The molecule has 1 aromatic carbocycles. The van der Waals surface area contributed by atoms with Gasteiger partial charge >= 0.3 is 0 Å². The van der Waals surface area contributed by atoms with Crippen molar-refractivity contribution in [1.82, 2.24) is 0 Å². The van der Waals surface area contributed by atoms with E-state index in [0.29, 0.717) is 23.5 Å². The molecule has 2 unspecified atom stereocenters. The Morgan fingerprint density at radius 2 is 2.23 bits per heavy atom. The average molecular weight is 294 g/mol. The van der Waals surface area contributed by atoms with Gasteiger partial charge in [0, 0.05) is 12.0 Å². The van der Waals surface area contributed by atoms with Crippen molar-refractivity contribution in [2.24, 2.45) is 11.3 Å². The summed E-state index contributed by atoms with van der Waals surface area (Å²) in [4.78, 5) is 12.6. The zero-order chi connectivity index (χ0) is 14.7. The van der Waals surface area contributed by atoms with E-state index in [1.807, 2.05) is 0 Å². The molecule has 5 aliphatic rings. The summed E-state index contributed by atoms with van der Waals surface area (Å²) in [5.41, 5.74) is 4.02. The maximum Gasteiger partial charge on any atom is 0.178 e. The number of hydrogen-bond acceptors (Lipinski definition) is 3. The van der Waals surface area contributed by atoms with Gasteiger partial charge in [-0.15, -0.1) is 0 Å². The Balaban J connectivity index is 1.75. The first-order chi connectivity index (χ1) is 10.7. The van der Waals surface area contributed by atoms with Gasteiger partial charge in [0.25, 0.3) is 0 Å². The lowest BCUT2D eigenvalue weighted by Crippen LogP contribution is -2.47. The molecule has 0 aromatic heterocycles. The molecule has 1 heterocycles. The third-order valence-corrected chi connectivity index (χ3v) is 7.14. The van der Waals surface area contributed by atoms with Crippen molar-refractivity contribution in [2.75, 3.05) is 0 Å². The summed E-state index contributed by atoms with van der Waals surface area (Å²) in [5, 5.41) is 10.3. The van der Waals surface area contributed by atoms with E-state index in [4.69, 9.17) is 4.74 Å². The third-order valence-electron chi connectivity index (χ3n) is 7.14. The highest BCUT2D eigenvalue weighted by molar-refractivity contribution is 5.92. The molecule has 2 bridgehead atoms. The maximum atomic E-state index is 12.6. The highest BCUT2D eigenvalue weighted by Crippen LogP contribution is 2.74. The number of benzene rings is 1. The van der Waals surface area contributed by atoms with Crippen LogP contribution in [0.2, 0.25) is 0 Å². The second kappa shape index (κ2) is 3.27. The van der Waals surface area contributed by atoms with E-state index in [0.717, 1.165) is 18.4 Å². The normalized spacial score (nSPS) is 42.7. The number of carbonyl (C=O) groups is 1. The highest BCUT2D eigenvalue weighted by atomic mass is 16.5. The zero-order valence-electron chi connectivity index (χ0n) is 12.4. The van der Waals surface area contributed by atoms with Gasteiger partial charge in [-0.1, -0.05) is 24.1 Å². The van der Waals surface area contributed by atoms with Crippen molar-refractivity contribution in [3.8, 4) is 11.5 Å². The molecule has 0 radical (unpaired) electrons. The quantitative estimate of drug-likeness (QED) is 0.748. The molecule has 22 heavy (non-hydrogen) atoms. The number of phenolic OH excluding ortho intramolecular Hbond substituents is 1. The van der Waals surface area contributed by atoms with E-state index in [-0.39, 0.29) is 16.9 Å². The number of ether oxygens (including phenoxy) is 1. The fraction of sp³-hybridized carbons (Fsp3) is 0.526. The number of phenols is 1. The predicted octanol–water partition coefficient (Wildman–Crippen LogP) is 3.04. The molecule has 1 aliphatic heterocycles. The summed E-state index contributed by atoms with van der Waals surface area (Å²) < 4.78 is 6.09. The van der Waals surface area contributed by atoms with Gasteiger partial charge < -0.3 is 9.84 Å². The van der Waals surface area contributed by atoms with E-state index < -0.39 is 6.10 Å². The topological polar surface area (TPSA) is 46.5 Å². The molecule has 2 saturated carbocycles. The minimum Gasteiger partial charge on any atom is -0.504 e. The molecule has 4 atom stereocenters. The zero-order valence-corrected chi connectivity index (χ0v) is 12.4. The molecule has 4 aliphatic carbocycles. The van der Waals surface area contributed by atoms with Gasteiger partial charge in [-0.25, -0.2) is 0 Å². The van der Waals surface area contributed by atoms with Crippen LogP contribution >= 0.6 is 0 Å². The molecule has 6 rings (SSSR count). The predicted molar refractivity (Wildman–Crippen MR) is 80.0 cm³/mol. The Kier molecular flexibility index (Phi) is 1.75. The lowest BCUT2D eigenvalue weighted by Gasteiger charge is -2.40. The molecule has 3 nitrogen and oxygen atoms in total. The Morgan fingerprint density at radius 3 is 3.14 bits per heavy atom. The number of rotatable bonds is 0. The number of hydrogen-bond donors (Lipinski definition) is 1. The molecule has 3 heteroatoms. The molecular formula is C19H18O3. The summed E-state index contributed by atoms with van der Waals surface area (Å²) in [5.74, 6) is 1.59. The van der Waals surface area contributed by atoms with Gasteiger partial charge in [0.15, 0.2) is 23.4 Å². The number of allylic oxidation sites excluding steroid dienone is 1. The van der Waals surface area contributed by atoms with Crippen molar-refractivity contribution < 1.29 is 14.6 Å². The first kappa shape index (κ1) is 11.8. The summed E-state index contributed by atoms with van der Waals surface area (Å²) >= 11 is 0. The molecule has 1 N–H and O–H groups in total. The van der Waals surface area contributed by atoms with Crippen molar-refractivity contribution in [3.05, 3.63) is 34.9 Å². The van der Waals surface area contributed by atoms with Crippen molar-refractivity contribution in [1.29, 1.82) is 0 Å². The van der Waals surface area contributed by atoms with Gasteiger partial charge in [-0.05, 0) is 48.6 Å². The number of aromatic hydroxyl groups is 1. The van der Waals surface area contributed by atoms with Crippen molar-refractivity contribution in [3.63, 3.8) is 0 Å². The van der Waals surface area contributed by atoms with Crippen LogP contribution in [0.1, 0.15) is 43.2 Å². The molecule has 0 saturated heterocycles. The summed E-state index contributed by atoms with van der Waals surface area (Å²) in [6.45, 7) is 0. The van der Waals surface area contributed by atoms with Crippen LogP contribution in [-0.2, 0) is 16.6 Å². The average Bonchev–Trinajstić information content (AvgIpc) is 3.10.